The number of aromatic nitrogens is 8. The molecule has 4 atom stereocenters. The van der Waals surface area contributed by atoms with E-state index in [2.05, 4.69) is 111 Å². The van der Waals surface area contributed by atoms with Gasteiger partial charge >= 0.3 is 0 Å². The fourth-order valence-corrected chi connectivity index (χ4v) is 23.1. The first kappa shape index (κ1) is 85.5. The Kier molecular flexibility index (Phi) is 22.6. The topological polar surface area (TPSA) is 340 Å². The minimum absolute atomic E-state index is 0.0437. The van der Waals surface area contributed by atoms with Crippen molar-refractivity contribution in [3.8, 4) is 22.9 Å². The van der Waals surface area contributed by atoms with Gasteiger partial charge in [-0.15, -0.1) is 0 Å². The van der Waals surface area contributed by atoms with E-state index in [1.165, 1.54) is 64.8 Å². The van der Waals surface area contributed by atoms with Crippen molar-refractivity contribution in [1.82, 2.24) is 63.6 Å². The number of nitrogens with zero attached hydrogens (tertiary/aromatic N) is 13. The van der Waals surface area contributed by atoms with Crippen LogP contribution >= 0.6 is 23.2 Å². The molecule has 3 saturated heterocycles. The smallest absolute Gasteiger partial charge is 0.277 e. The molecular weight excluding hydrogens is 1720 g/mol. The number of amides is 2. The van der Waals surface area contributed by atoms with Gasteiger partial charge in [0.25, 0.3) is 43.2 Å². The monoisotopic (exact) mass is 1820 g/mol. The molecule has 6 aromatic heterocycles. The van der Waals surface area contributed by atoms with Gasteiger partial charge in [-0.05, 0) is 213 Å². The SMILES string of the molecule is CC1(C)CCC(CN2CCN(c3ccc(C(=O)NS(=O)(=O)c4cc5c(c([N+](=O)[O-])c4)C[C@@H](C4CC4)CO5)c(-n4[nH]cc5nc6nccc6cc54)c3)CC2)=C(c2ccc(Cl)cc2)C1.CC1(C)CCC(CN2CCN(c3ccc(C(=O)NS(=O)(=O)c4cc5c(c([N+](=O)[O-])c4)C[C@H](CN4C[C@H]6CC[C@@H]4C6)CO5)c(-n4[nH]cc5nc6nccc6cc54)c3)CC2)=C(c2ccc(Cl)cc2)C1. The lowest BCUT2D eigenvalue weighted by molar-refractivity contribution is -0.386. The number of likely N-dealkylation sites (tertiary alicyclic amines) is 1. The van der Waals surface area contributed by atoms with E-state index in [0.717, 1.165) is 180 Å². The van der Waals surface area contributed by atoms with E-state index in [9.17, 15) is 46.7 Å². The van der Waals surface area contributed by atoms with Gasteiger partial charge in [0, 0.05) is 178 Å². The average Bonchev–Trinajstić information content (AvgIpc) is 1.11. The number of carbonyl (C=O) groups is 2. The Bertz CT molecular complexity index is 6800. The lowest BCUT2D eigenvalue weighted by Crippen LogP contribution is -2.47. The fourth-order valence-electron chi connectivity index (χ4n) is 20.8. The largest absolute Gasteiger partial charge is 0.493 e. The van der Waals surface area contributed by atoms with E-state index in [1.54, 1.807) is 46.3 Å². The molecule has 21 rings (SSSR count). The summed E-state index contributed by atoms with van der Waals surface area (Å²) in [5.41, 5.74) is 15.2. The maximum Gasteiger partial charge on any atom is 0.277 e. The number of ether oxygens (including phenoxy) is 2. The molecule has 9 aliphatic rings. The Morgan fingerprint density at radius 3 is 1.46 bits per heavy atom. The van der Waals surface area contributed by atoms with Crippen LogP contribution in [0.2, 0.25) is 10.0 Å². The highest BCUT2D eigenvalue weighted by Crippen LogP contribution is 2.49. The molecule has 33 heteroatoms. The van der Waals surface area contributed by atoms with Crippen LogP contribution in [0.3, 0.4) is 0 Å². The number of benzene rings is 6. The number of H-pyrrole nitrogens is 2. The highest BCUT2D eigenvalue weighted by Gasteiger charge is 2.43. The average molecular weight is 1820 g/mol. The molecule has 0 radical (unpaired) electrons. The summed E-state index contributed by atoms with van der Waals surface area (Å²) in [6.07, 6.45) is 19.8. The van der Waals surface area contributed by atoms with Crippen molar-refractivity contribution in [2.24, 2.45) is 34.5 Å². The summed E-state index contributed by atoms with van der Waals surface area (Å²) < 4.78 is 76.1. The Morgan fingerprint density at radius 2 is 1.02 bits per heavy atom. The number of nitro benzene ring substituents is 2. The quantitative estimate of drug-likeness (QED) is 0.0383. The fraction of sp³-hybridized carbons (Fsp3) is 0.396. The first-order chi connectivity index (χ1) is 62.0. The number of pyridine rings is 2. The van der Waals surface area contributed by atoms with E-state index < -0.39 is 51.5 Å². The highest BCUT2D eigenvalue weighted by atomic mass is 35.5. The minimum atomic E-state index is -4.62. The van der Waals surface area contributed by atoms with Crippen molar-refractivity contribution in [1.29, 1.82) is 0 Å². The summed E-state index contributed by atoms with van der Waals surface area (Å²) in [4.78, 5) is 81.5. The molecule has 4 N–H and O–H groups in total. The number of rotatable bonds is 21. The number of allylic oxidation sites excluding steroid dienone is 2. The molecule has 0 unspecified atom stereocenters. The van der Waals surface area contributed by atoms with Crippen molar-refractivity contribution >= 4 is 133 Å². The Balaban J connectivity index is 0.000000162. The molecule has 2 amide bonds. The van der Waals surface area contributed by atoms with Crippen molar-refractivity contribution in [2.75, 3.05) is 102 Å². The predicted octanol–water partition coefficient (Wildman–Crippen LogP) is 16.7. The van der Waals surface area contributed by atoms with Crippen molar-refractivity contribution in [2.45, 2.75) is 127 Å². The van der Waals surface area contributed by atoms with Crippen LogP contribution in [0.1, 0.15) is 141 Å². The number of fused-ring (bicyclic) bond motifs is 8. The summed E-state index contributed by atoms with van der Waals surface area (Å²) in [6.45, 7) is 20.0. The molecule has 4 aliphatic carbocycles. The lowest BCUT2D eigenvalue weighted by Gasteiger charge is -2.39. The third kappa shape index (κ3) is 17.6. The highest BCUT2D eigenvalue weighted by molar-refractivity contribution is 7.90. The molecule has 5 aliphatic heterocycles. The number of halogens is 2. The van der Waals surface area contributed by atoms with Crippen LogP contribution in [0.25, 0.3) is 66.7 Å². The van der Waals surface area contributed by atoms with Crippen LogP contribution in [0.5, 0.6) is 11.5 Å². The Morgan fingerprint density at radius 1 is 0.550 bits per heavy atom. The van der Waals surface area contributed by atoms with Gasteiger partial charge in [0.05, 0.1) is 77.5 Å². The predicted molar refractivity (Wildman–Crippen MR) is 497 cm³/mol. The number of hydrogen-bond acceptors (Lipinski definition) is 21. The van der Waals surface area contributed by atoms with Crippen molar-refractivity contribution < 1.29 is 45.7 Å². The number of sulfonamides is 2. The number of nitro groups is 2. The summed E-state index contributed by atoms with van der Waals surface area (Å²) in [6, 6.07) is 39.9. The number of piperazine rings is 2. The molecule has 129 heavy (non-hydrogen) atoms. The summed E-state index contributed by atoms with van der Waals surface area (Å²) in [5.74, 6) is -0.105. The molecule has 2 saturated carbocycles. The summed E-state index contributed by atoms with van der Waals surface area (Å²) in [7, 11) is -9.21. The van der Waals surface area contributed by atoms with Gasteiger partial charge in [0.15, 0.2) is 11.3 Å². The number of piperidine rings is 1. The Hall–Kier alpha value is -11.6. The Labute approximate surface area is 756 Å². The molecule has 5 fully saturated rings. The molecule has 0 spiro atoms. The van der Waals surface area contributed by atoms with Gasteiger partial charge in [-0.25, -0.2) is 46.2 Å². The molecule has 668 valence electrons. The molecule has 11 heterocycles. The molecule has 2 bridgehead atoms. The lowest BCUT2D eigenvalue weighted by atomic mass is 9.72. The van der Waals surface area contributed by atoms with Crippen LogP contribution in [0, 0.1) is 54.7 Å². The van der Waals surface area contributed by atoms with Crippen LogP contribution in [-0.4, -0.2) is 190 Å². The second-order valence-corrected chi connectivity index (χ2v) is 42.2. The van der Waals surface area contributed by atoms with E-state index in [0.29, 0.717) is 93.9 Å². The third-order valence-corrected chi connectivity index (χ3v) is 31.2. The first-order valence-corrected chi connectivity index (χ1v) is 48.3. The zero-order valence-electron chi connectivity index (χ0n) is 72.3. The summed E-state index contributed by atoms with van der Waals surface area (Å²) in [5, 5.41) is 34.3. The van der Waals surface area contributed by atoms with E-state index in [4.69, 9.17) is 37.7 Å². The first-order valence-electron chi connectivity index (χ1n) is 44.6. The van der Waals surface area contributed by atoms with Gasteiger partial charge < -0.3 is 19.3 Å². The number of aromatic amines is 2. The second-order valence-electron chi connectivity index (χ2n) is 38.0. The van der Waals surface area contributed by atoms with Crippen LogP contribution in [0.15, 0.2) is 179 Å². The van der Waals surface area contributed by atoms with Crippen molar-refractivity contribution in [3.63, 3.8) is 0 Å². The second kappa shape index (κ2) is 34.1. The van der Waals surface area contributed by atoms with Gasteiger partial charge in [-0.3, -0.25) is 64.1 Å². The maximum absolute atomic E-state index is 14.4. The van der Waals surface area contributed by atoms with E-state index >= 15 is 0 Å². The van der Waals surface area contributed by atoms with E-state index in [-0.39, 0.29) is 56.7 Å². The molecule has 12 aromatic rings. The van der Waals surface area contributed by atoms with E-state index in [1.807, 2.05) is 72.8 Å². The number of carbonyl (C=O) groups excluding carboxylic acids is 2. The van der Waals surface area contributed by atoms with Crippen LogP contribution in [-0.2, 0) is 32.9 Å². The van der Waals surface area contributed by atoms with Crippen LogP contribution < -0.4 is 28.7 Å². The van der Waals surface area contributed by atoms with Gasteiger partial charge in [0.2, 0.25) is 0 Å². The van der Waals surface area contributed by atoms with Crippen LogP contribution in [0.4, 0.5) is 22.7 Å². The standard InChI is InChI=1S/C50H54ClN9O6S.C46H47ClN8O6S/c1-50(2)13-11-35(42(25-50)33-4-6-36(51)7-5-33)29-56-15-17-57(18-16-56)38-9-10-40(44(22-38)59-46-21-34-12-14-52-48(34)54-43(46)26-53-59)49(61)55-67(64,65)39-23-45(60(62)63)41-20-32(30-66-47(41)24-39)28-58-27-31-3-8-37(58)19-31;1-46(2)13-11-31(38(24-46)29-5-7-33(47)8-6-29)26-52-15-17-53(18-16-52)34-9-10-36(40(21-34)54-42-20-30-12-14-48-44(30)50-39(42)25-49-54)45(56)51-62(59,60)35-22-41(55(57)58)37-19-32(28-3-4-28)27-61-43(37)23-35/h4-7,9-10,12,14,21-24,26,31-32,37,53H,3,8,11,13,15-20,25,27-30H2,1-2H3,(H,55,61);5-10,12,14,20-23,25,28,32,49H,3-4,11,13,15-19,24,26-27H2,1-2H3,(H,51,56)/t31-,32+,37+;32-/m01/s1. The number of hydrogen-bond donors (Lipinski definition) is 4. The summed E-state index contributed by atoms with van der Waals surface area (Å²) >= 11 is 12.5. The zero-order valence-corrected chi connectivity index (χ0v) is 75.4. The third-order valence-electron chi connectivity index (χ3n) is 28.1. The van der Waals surface area contributed by atoms with Gasteiger partial charge in [-0.2, -0.15) is 0 Å². The normalized spacial score (nSPS) is 20.8. The minimum Gasteiger partial charge on any atom is -0.493 e. The molecule has 6 aromatic carbocycles. The maximum atomic E-state index is 14.4. The molecule has 29 nitrogen and oxygen atoms in total. The zero-order chi connectivity index (χ0) is 89.1. The molecular formula is C96H101Cl2N17O12S2. The van der Waals surface area contributed by atoms with Crippen molar-refractivity contribution in [3.05, 3.63) is 233 Å². The van der Waals surface area contributed by atoms with Gasteiger partial charge in [-0.1, -0.05) is 86.3 Å². The van der Waals surface area contributed by atoms with Gasteiger partial charge in [0.1, 0.15) is 22.5 Å². The number of anilines is 2. The number of nitrogens with one attached hydrogen (secondary N) is 4.